The molecule has 8 heteroatoms. The zero-order valence-electron chi connectivity index (χ0n) is 15.9. The van der Waals surface area contributed by atoms with Gasteiger partial charge in [-0.1, -0.05) is 25.1 Å². The Morgan fingerprint density at radius 3 is 2.75 bits per heavy atom. The van der Waals surface area contributed by atoms with E-state index in [1.807, 2.05) is 31.3 Å². The summed E-state index contributed by atoms with van der Waals surface area (Å²) in [6.07, 6.45) is 3.90. The summed E-state index contributed by atoms with van der Waals surface area (Å²) in [7, 11) is 0. The Balaban J connectivity index is 1.44. The summed E-state index contributed by atoms with van der Waals surface area (Å²) in [5, 5.41) is 7.98. The Kier molecular flexibility index (Phi) is 6.54. The van der Waals surface area contributed by atoms with Crippen LogP contribution in [0, 0.1) is 12.8 Å². The van der Waals surface area contributed by atoms with E-state index in [2.05, 4.69) is 32.1 Å². The van der Waals surface area contributed by atoms with E-state index in [-0.39, 0.29) is 24.2 Å². The highest BCUT2D eigenvalue weighted by Crippen LogP contribution is 2.17. The maximum atomic E-state index is 12.2. The van der Waals surface area contributed by atoms with Gasteiger partial charge in [0, 0.05) is 36.4 Å². The lowest BCUT2D eigenvalue weighted by Crippen LogP contribution is -2.31. The third-order valence-corrected chi connectivity index (χ3v) is 5.04. The number of aromatic nitrogens is 3. The van der Waals surface area contributed by atoms with Crippen LogP contribution in [0.3, 0.4) is 0 Å². The molecule has 2 amide bonds. The number of rotatable bonds is 8. The molecule has 28 heavy (non-hydrogen) atoms. The van der Waals surface area contributed by atoms with Gasteiger partial charge < -0.3 is 9.88 Å². The SMILES string of the molecule is Cc1nccn1CC(C)CNC(=O)Cc1csc(NC(=O)c2ccccc2)n1. The van der Waals surface area contributed by atoms with Gasteiger partial charge in [0.25, 0.3) is 5.91 Å². The van der Waals surface area contributed by atoms with Crippen LogP contribution in [0.15, 0.2) is 48.1 Å². The fraction of sp³-hybridized carbons (Fsp3) is 0.300. The molecule has 0 aliphatic carbocycles. The van der Waals surface area contributed by atoms with Crippen LogP contribution < -0.4 is 10.6 Å². The molecule has 1 aromatic carbocycles. The lowest BCUT2D eigenvalue weighted by Gasteiger charge is -2.14. The first-order chi connectivity index (χ1) is 13.5. The molecule has 1 atom stereocenters. The molecule has 0 radical (unpaired) electrons. The number of thiazole rings is 1. The van der Waals surface area contributed by atoms with Crippen LogP contribution in [-0.2, 0) is 17.8 Å². The van der Waals surface area contributed by atoms with Gasteiger partial charge in [-0.2, -0.15) is 0 Å². The van der Waals surface area contributed by atoms with Crippen molar-refractivity contribution in [2.75, 3.05) is 11.9 Å². The van der Waals surface area contributed by atoms with E-state index in [1.54, 1.807) is 23.7 Å². The summed E-state index contributed by atoms with van der Waals surface area (Å²) in [4.78, 5) is 32.9. The van der Waals surface area contributed by atoms with Crippen molar-refractivity contribution in [1.82, 2.24) is 19.9 Å². The lowest BCUT2D eigenvalue weighted by atomic mass is 10.1. The van der Waals surface area contributed by atoms with Crippen molar-refractivity contribution >= 4 is 28.3 Å². The van der Waals surface area contributed by atoms with Gasteiger partial charge in [0.2, 0.25) is 5.91 Å². The second kappa shape index (κ2) is 9.27. The van der Waals surface area contributed by atoms with Crippen molar-refractivity contribution in [2.45, 2.75) is 26.8 Å². The standard InChI is InChI=1S/C20H23N5O2S/c1-14(12-25-9-8-21-15(25)2)11-22-18(26)10-17-13-28-20(23-17)24-19(27)16-6-4-3-5-7-16/h3-9,13-14H,10-12H2,1-2H3,(H,22,26)(H,23,24,27). The minimum Gasteiger partial charge on any atom is -0.355 e. The number of carbonyl (C=O) groups is 2. The van der Waals surface area contributed by atoms with Crippen LogP contribution in [0.25, 0.3) is 0 Å². The Bertz CT molecular complexity index is 935. The largest absolute Gasteiger partial charge is 0.355 e. The fourth-order valence-electron chi connectivity index (χ4n) is 2.72. The van der Waals surface area contributed by atoms with E-state index in [0.29, 0.717) is 22.9 Å². The average Bonchev–Trinajstić information content (AvgIpc) is 3.29. The number of nitrogens with zero attached hydrogens (tertiary/aromatic N) is 3. The summed E-state index contributed by atoms with van der Waals surface area (Å²) in [5.74, 6) is 0.953. The van der Waals surface area contributed by atoms with E-state index < -0.39 is 0 Å². The minimum absolute atomic E-state index is 0.0829. The second-order valence-corrected chi connectivity index (χ2v) is 7.54. The molecular weight excluding hydrogens is 374 g/mol. The van der Waals surface area contributed by atoms with Crippen molar-refractivity contribution in [2.24, 2.45) is 5.92 Å². The number of benzene rings is 1. The van der Waals surface area contributed by atoms with Crippen molar-refractivity contribution in [3.8, 4) is 0 Å². The van der Waals surface area contributed by atoms with Gasteiger partial charge in [-0.15, -0.1) is 11.3 Å². The number of aryl methyl sites for hydroxylation is 1. The molecule has 0 aliphatic heterocycles. The Morgan fingerprint density at radius 2 is 2.04 bits per heavy atom. The third-order valence-electron chi connectivity index (χ3n) is 4.23. The van der Waals surface area contributed by atoms with Gasteiger partial charge in [0.05, 0.1) is 12.1 Å². The first kappa shape index (κ1) is 19.8. The number of hydrogen-bond donors (Lipinski definition) is 2. The molecule has 2 N–H and O–H groups in total. The van der Waals surface area contributed by atoms with Gasteiger partial charge in [0.1, 0.15) is 5.82 Å². The molecule has 146 valence electrons. The number of anilines is 1. The van der Waals surface area contributed by atoms with Gasteiger partial charge >= 0.3 is 0 Å². The summed E-state index contributed by atoms with van der Waals surface area (Å²) in [6, 6.07) is 8.95. The lowest BCUT2D eigenvalue weighted by molar-refractivity contribution is -0.120. The molecule has 1 unspecified atom stereocenters. The molecule has 2 heterocycles. The molecule has 0 fully saturated rings. The second-order valence-electron chi connectivity index (χ2n) is 6.68. The molecule has 0 bridgehead atoms. The topological polar surface area (TPSA) is 88.9 Å². The van der Waals surface area contributed by atoms with Gasteiger partial charge in [-0.25, -0.2) is 9.97 Å². The molecule has 0 saturated heterocycles. The third kappa shape index (κ3) is 5.50. The normalized spacial score (nSPS) is 11.8. The van der Waals surface area contributed by atoms with Crippen molar-refractivity contribution < 1.29 is 9.59 Å². The van der Waals surface area contributed by atoms with Gasteiger partial charge in [-0.3, -0.25) is 14.9 Å². The predicted molar refractivity (Wildman–Crippen MR) is 109 cm³/mol. The molecule has 3 rings (SSSR count). The quantitative estimate of drug-likeness (QED) is 0.612. The molecule has 0 aliphatic rings. The Morgan fingerprint density at radius 1 is 1.25 bits per heavy atom. The zero-order chi connectivity index (χ0) is 19.9. The Labute approximate surface area is 167 Å². The van der Waals surface area contributed by atoms with Crippen LogP contribution in [0.5, 0.6) is 0 Å². The molecule has 0 spiro atoms. The van der Waals surface area contributed by atoms with E-state index in [1.165, 1.54) is 11.3 Å². The minimum atomic E-state index is -0.213. The maximum absolute atomic E-state index is 12.2. The molecule has 7 nitrogen and oxygen atoms in total. The number of imidazole rings is 1. The van der Waals surface area contributed by atoms with E-state index in [4.69, 9.17) is 0 Å². The van der Waals surface area contributed by atoms with Crippen LogP contribution in [-0.4, -0.2) is 32.9 Å². The van der Waals surface area contributed by atoms with Crippen molar-refractivity contribution in [3.05, 3.63) is 65.2 Å². The van der Waals surface area contributed by atoms with E-state index in [0.717, 1.165) is 12.4 Å². The highest BCUT2D eigenvalue weighted by molar-refractivity contribution is 7.14. The van der Waals surface area contributed by atoms with E-state index >= 15 is 0 Å². The monoisotopic (exact) mass is 397 g/mol. The summed E-state index contributed by atoms with van der Waals surface area (Å²) < 4.78 is 2.07. The summed E-state index contributed by atoms with van der Waals surface area (Å²) in [5.41, 5.74) is 1.21. The molecule has 3 aromatic rings. The summed E-state index contributed by atoms with van der Waals surface area (Å²) in [6.45, 7) is 5.43. The number of carbonyl (C=O) groups excluding carboxylic acids is 2. The highest BCUT2D eigenvalue weighted by Gasteiger charge is 2.12. The fourth-order valence-corrected chi connectivity index (χ4v) is 3.42. The Hall–Kier alpha value is -3.00. The van der Waals surface area contributed by atoms with Crippen LogP contribution in [0.4, 0.5) is 5.13 Å². The first-order valence-electron chi connectivity index (χ1n) is 9.06. The highest BCUT2D eigenvalue weighted by atomic mass is 32.1. The van der Waals surface area contributed by atoms with Crippen LogP contribution in [0.1, 0.15) is 28.8 Å². The average molecular weight is 398 g/mol. The van der Waals surface area contributed by atoms with Gasteiger partial charge in [-0.05, 0) is 25.0 Å². The van der Waals surface area contributed by atoms with Crippen LogP contribution >= 0.6 is 11.3 Å². The van der Waals surface area contributed by atoms with Crippen molar-refractivity contribution in [3.63, 3.8) is 0 Å². The number of hydrogen-bond acceptors (Lipinski definition) is 5. The smallest absolute Gasteiger partial charge is 0.257 e. The molecule has 2 aromatic heterocycles. The number of amides is 2. The zero-order valence-corrected chi connectivity index (χ0v) is 16.7. The van der Waals surface area contributed by atoms with E-state index in [9.17, 15) is 9.59 Å². The van der Waals surface area contributed by atoms with Gasteiger partial charge in [0.15, 0.2) is 5.13 Å². The maximum Gasteiger partial charge on any atom is 0.257 e. The molecular formula is C20H23N5O2S. The predicted octanol–water partition coefficient (Wildman–Crippen LogP) is 2.90. The van der Waals surface area contributed by atoms with Crippen LogP contribution in [0.2, 0.25) is 0 Å². The summed E-state index contributed by atoms with van der Waals surface area (Å²) >= 11 is 1.31. The first-order valence-corrected chi connectivity index (χ1v) is 9.94. The molecule has 0 saturated carbocycles. The van der Waals surface area contributed by atoms with Crippen molar-refractivity contribution in [1.29, 1.82) is 0 Å². The number of nitrogens with one attached hydrogen (secondary N) is 2.